The molecule has 0 saturated carbocycles. The van der Waals surface area contributed by atoms with Crippen LogP contribution in [0.1, 0.15) is 15.9 Å². The molecule has 0 heterocycles. The first-order valence-electron chi connectivity index (χ1n) is 10.8. The van der Waals surface area contributed by atoms with Crippen molar-refractivity contribution in [2.75, 3.05) is 0 Å². The Morgan fingerprint density at radius 3 is 1.53 bits per heavy atom. The van der Waals surface area contributed by atoms with Crippen molar-refractivity contribution < 1.29 is 4.79 Å². The molecular formula is C29H24N2OPS+. The molecule has 0 aliphatic heterocycles. The smallest absolute Gasteiger partial charge is 0.256 e. The van der Waals surface area contributed by atoms with Crippen LogP contribution in [-0.4, -0.2) is 5.91 Å². The molecule has 0 unspecified atom stereocenters. The summed E-state index contributed by atoms with van der Waals surface area (Å²) in [6.07, 6.45) is 0. The number of thiol groups is 1. The summed E-state index contributed by atoms with van der Waals surface area (Å²) in [5.74, 6) is -0.301. The minimum absolute atomic E-state index is 0.262. The van der Waals surface area contributed by atoms with Crippen molar-refractivity contribution in [2.45, 2.75) is 6.92 Å². The molecule has 0 bridgehead atoms. The number of nitrogens with one attached hydrogen (secondary N) is 1. The summed E-state index contributed by atoms with van der Waals surface area (Å²) in [6.45, 7) is 1.97. The predicted molar refractivity (Wildman–Crippen MR) is 145 cm³/mol. The molecule has 0 radical (unpaired) electrons. The van der Waals surface area contributed by atoms with Crippen LogP contribution in [0.5, 0.6) is 0 Å². The zero-order valence-corrected chi connectivity index (χ0v) is 20.5. The minimum atomic E-state index is -2.65. The molecule has 4 aromatic carbocycles. The zero-order valence-electron chi connectivity index (χ0n) is 18.7. The number of carbonyl (C=O) groups is 1. The molecule has 0 saturated heterocycles. The molecule has 0 atom stereocenters. The Balaban J connectivity index is 1.97. The lowest BCUT2D eigenvalue weighted by atomic mass is 10.1. The van der Waals surface area contributed by atoms with E-state index in [2.05, 4.69) is 11.4 Å². The fourth-order valence-corrected chi connectivity index (χ4v) is 8.67. The molecular weight excluding hydrogens is 455 g/mol. The van der Waals surface area contributed by atoms with Crippen LogP contribution in [0.4, 0.5) is 0 Å². The molecule has 0 fully saturated rings. The van der Waals surface area contributed by atoms with Gasteiger partial charge in [0.15, 0.2) is 7.26 Å². The number of carbonyl (C=O) groups excluding carboxylic acids is 1. The van der Waals surface area contributed by atoms with Crippen LogP contribution in [0.25, 0.3) is 0 Å². The van der Waals surface area contributed by atoms with Crippen LogP contribution < -0.4 is 21.2 Å². The highest BCUT2D eigenvalue weighted by atomic mass is 32.1. The topological polar surface area (TPSA) is 52.9 Å². The minimum Gasteiger partial charge on any atom is -0.313 e. The molecule has 1 amide bonds. The van der Waals surface area contributed by atoms with Gasteiger partial charge < -0.3 is 5.32 Å². The first-order chi connectivity index (χ1) is 16.6. The Bertz CT molecular complexity index is 1250. The third kappa shape index (κ3) is 4.54. The van der Waals surface area contributed by atoms with E-state index in [0.717, 1.165) is 21.5 Å². The third-order valence-electron chi connectivity index (χ3n) is 5.64. The molecule has 0 aliphatic rings. The first kappa shape index (κ1) is 23.5. The highest BCUT2D eigenvalue weighted by Gasteiger charge is 2.51. The summed E-state index contributed by atoms with van der Waals surface area (Å²) < 4.78 is 0. The molecule has 3 nitrogen and oxygen atoms in total. The number of rotatable bonds is 6. The van der Waals surface area contributed by atoms with Gasteiger partial charge in [0.05, 0.1) is 0 Å². The quantitative estimate of drug-likeness (QED) is 0.223. The standard InChI is InChI=1S/C29H23N2OPS/c1-22-17-19-23(20-18-22)28(32)31-29(34)27(21-30)33(24-11-5-2-6-12-24,25-13-7-3-8-14-25)26-15-9-4-10-16-26/h2-20H,1H3,(H-,31,32,34)/p+1. The van der Waals surface area contributed by atoms with Crippen LogP contribution in [-0.2, 0) is 0 Å². The Hall–Kier alpha value is -3.64. The van der Waals surface area contributed by atoms with Gasteiger partial charge in [-0.3, -0.25) is 4.79 Å². The fraction of sp³-hybridized carbons (Fsp3) is 0.0345. The predicted octanol–water partition coefficient (Wildman–Crippen LogP) is 5.34. The van der Waals surface area contributed by atoms with E-state index in [1.807, 2.05) is 110 Å². The molecule has 0 aliphatic carbocycles. The van der Waals surface area contributed by atoms with Gasteiger partial charge in [-0.15, -0.1) is 12.6 Å². The fourth-order valence-electron chi connectivity index (χ4n) is 4.02. The number of allylic oxidation sites excluding steroid dienone is 1. The number of benzene rings is 4. The van der Waals surface area contributed by atoms with Crippen molar-refractivity contribution in [3.63, 3.8) is 0 Å². The van der Waals surface area contributed by atoms with Gasteiger partial charge in [-0.2, -0.15) is 5.26 Å². The maximum atomic E-state index is 13.0. The van der Waals surface area contributed by atoms with Crippen molar-refractivity contribution in [1.29, 1.82) is 5.26 Å². The van der Waals surface area contributed by atoms with Crippen molar-refractivity contribution in [3.8, 4) is 6.07 Å². The van der Waals surface area contributed by atoms with E-state index >= 15 is 0 Å². The summed E-state index contributed by atoms with van der Waals surface area (Å²) in [5, 5.41) is 17.2. The monoisotopic (exact) mass is 479 g/mol. The average molecular weight is 480 g/mol. The number of hydrogen-bond donors (Lipinski definition) is 2. The summed E-state index contributed by atoms with van der Waals surface area (Å²) >= 11 is 4.71. The van der Waals surface area contributed by atoms with Gasteiger partial charge >= 0.3 is 0 Å². The van der Waals surface area contributed by atoms with Crippen molar-refractivity contribution >= 4 is 41.7 Å². The summed E-state index contributed by atoms with van der Waals surface area (Å²) in [7, 11) is -2.65. The van der Waals surface area contributed by atoms with Gasteiger partial charge in [-0.05, 0) is 55.5 Å². The van der Waals surface area contributed by atoms with Gasteiger partial charge in [0.25, 0.3) is 5.91 Å². The first-order valence-corrected chi connectivity index (χ1v) is 13.1. The second-order valence-electron chi connectivity index (χ2n) is 7.81. The number of nitriles is 1. The largest absolute Gasteiger partial charge is 0.313 e. The van der Waals surface area contributed by atoms with E-state index in [9.17, 15) is 10.1 Å². The Labute approximate surface area is 206 Å². The molecule has 166 valence electrons. The molecule has 4 rings (SSSR count). The number of aryl methyl sites for hydroxylation is 1. The summed E-state index contributed by atoms with van der Waals surface area (Å²) in [5.41, 5.74) is 1.58. The molecule has 0 aromatic heterocycles. The molecule has 4 aromatic rings. The van der Waals surface area contributed by atoms with Crippen LogP contribution in [0.15, 0.2) is 126 Å². The van der Waals surface area contributed by atoms with Gasteiger partial charge in [0.1, 0.15) is 27.0 Å². The van der Waals surface area contributed by atoms with Crippen LogP contribution >= 0.6 is 19.9 Å². The molecule has 34 heavy (non-hydrogen) atoms. The maximum absolute atomic E-state index is 13.0. The SMILES string of the molecule is Cc1ccc(C(=O)NC(S)=C(C#N)[P+](c2ccccc2)(c2ccccc2)c2ccccc2)cc1. The average Bonchev–Trinajstić information content (AvgIpc) is 2.89. The molecule has 0 spiro atoms. The van der Waals surface area contributed by atoms with Gasteiger partial charge in [-0.1, -0.05) is 72.3 Å². The van der Waals surface area contributed by atoms with Gasteiger partial charge in [0.2, 0.25) is 5.31 Å². The van der Waals surface area contributed by atoms with E-state index in [0.29, 0.717) is 10.9 Å². The Morgan fingerprint density at radius 1 is 0.735 bits per heavy atom. The van der Waals surface area contributed by atoms with Crippen LogP contribution in [0.3, 0.4) is 0 Å². The molecule has 5 heteroatoms. The van der Waals surface area contributed by atoms with E-state index < -0.39 is 7.26 Å². The van der Waals surface area contributed by atoms with E-state index in [1.165, 1.54) is 0 Å². The van der Waals surface area contributed by atoms with E-state index in [-0.39, 0.29) is 10.9 Å². The van der Waals surface area contributed by atoms with E-state index in [1.54, 1.807) is 12.1 Å². The highest BCUT2D eigenvalue weighted by molar-refractivity contribution is 8.00. The third-order valence-corrected chi connectivity index (χ3v) is 10.4. The van der Waals surface area contributed by atoms with Crippen LogP contribution in [0.2, 0.25) is 0 Å². The van der Waals surface area contributed by atoms with Crippen molar-refractivity contribution in [3.05, 3.63) is 137 Å². The van der Waals surface area contributed by atoms with Crippen molar-refractivity contribution in [1.82, 2.24) is 5.32 Å². The lowest BCUT2D eigenvalue weighted by Crippen LogP contribution is -2.34. The summed E-state index contributed by atoms with van der Waals surface area (Å²) in [4.78, 5) is 13.0. The second-order valence-corrected chi connectivity index (χ2v) is 11.6. The Kier molecular flexibility index (Phi) is 7.28. The highest BCUT2D eigenvalue weighted by Crippen LogP contribution is 2.63. The Morgan fingerprint density at radius 2 is 1.15 bits per heavy atom. The number of amides is 1. The number of nitrogens with zero attached hydrogens (tertiary/aromatic N) is 1. The lowest BCUT2D eigenvalue weighted by molar-refractivity contribution is 0.0969. The van der Waals surface area contributed by atoms with Crippen LogP contribution in [0, 0.1) is 18.3 Å². The van der Waals surface area contributed by atoms with E-state index in [4.69, 9.17) is 12.6 Å². The maximum Gasteiger partial charge on any atom is 0.256 e. The zero-order chi connectivity index (χ0) is 24.0. The normalized spacial score (nSPS) is 11.8. The van der Waals surface area contributed by atoms with Gasteiger partial charge in [-0.25, -0.2) is 0 Å². The molecule has 1 N–H and O–H groups in total. The summed E-state index contributed by atoms with van der Waals surface area (Å²) in [6, 6.07) is 39.8. The second kappa shape index (κ2) is 10.5. The van der Waals surface area contributed by atoms with Crippen molar-refractivity contribution in [2.24, 2.45) is 0 Å². The number of hydrogen-bond acceptors (Lipinski definition) is 3. The van der Waals surface area contributed by atoms with Gasteiger partial charge in [0, 0.05) is 5.56 Å². The lowest BCUT2D eigenvalue weighted by Gasteiger charge is -2.27.